The maximum absolute atomic E-state index is 12.7. The molecular weight excluding hydrogens is 334 g/mol. The SMILES string of the molecule is Cc1cc(C)cc(N2CN=c3sc(=Cc4ccc(C)o4)c(=O)n3C2)c1. The summed E-state index contributed by atoms with van der Waals surface area (Å²) < 4.78 is 7.93. The van der Waals surface area contributed by atoms with E-state index < -0.39 is 0 Å². The van der Waals surface area contributed by atoms with Crippen LogP contribution < -0.4 is 19.8 Å². The molecule has 0 amide bonds. The molecule has 6 heteroatoms. The Balaban J connectivity index is 1.73. The van der Waals surface area contributed by atoms with Gasteiger partial charge in [0.05, 0.1) is 4.53 Å². The number of hydrogen-bond donors (Lipinski definition) is 0. The fraction of sp³-hybridized carbons (Fsp3) is 0.263. The zero-order valence-corrected chi connectivity index (χ0v) is 15.3. The van der Waals surface area contributed by atoms with Gasteiger partial charge in [-0.05, 0) is 56.2 Å². The molecule has 0 bridgehead atoms. The lowest BCUT2D eigenvalue weighted by molar-refractivity contribution is 0.524. The third kappa shape index (κ3) is 3.05. The molecule has 25 heavy (non-hydrogen) atoms. The maximum atomic E-state index is 12.7. The molecule has 0 saturated carbocycles. The standard InChI is InChI=1S/C19H19N3O2S/c1-12-6-13(2)8-15(7-12)21-10-20-19-22(11-21)18(23)17(25-19)9-16-5-4-14(3)24-16/h4-9H,10-11H2,1-3H3. The van der Waals surface area contributed by atoms with Gasteiger partial charge in [0.2, 0.25) is 0 Å². The summed E-state index contributed by atoms with van der Waals surface area (Å²) in [5.74, 6) is 1.53. The molecule has 0 aliphatic carbocycles. The number of hydrogen-bond acceptors (Lipinski definition) is 5. The number of thiazole rings is 1. The molecule has 5 nitrogen and oxygen atoms in total. The first kappa shape index (κ1) is 15.9. The molecule has 0 atom stereocenters. The molecule has 0 spiro atoms. The molecule has 3 aromatic rings. The van der Waals surface area contributed by atoms with Crippen LogP contribution in [0.15, 0.2) is 44.5 Å². The summed E-state index contributed by atoms with van der Waals surface area (Å²) in [6, 6.07) is 10.2. The summed E-state index contributed by atoms with van der Waals surface area (Å²) in [5, 5.41) is 0. The van der Waals surface area contributed by atoms with Crippen molar-refractivity contribution in [3.8, 4) is 0 Å². The highest BCUT2D eigenvalue weighted by Crippen LogP contribution is 2.19. The highest BCUT2D eigenvalue weighted by Gasteiger charge is 2.16. The van der Waals surface area contributed by atoms with Crippen LogP contribution in [0.1, 0.15) is 22.6 Å². The van der Waals surface area contributed by atoms with E-state index in [0.717, 1.165) is 16.2 Å². The average Bonchev–Trinajstić information content (AvgIpc) is 3.10. The first-order valence-electron chi connectivity index (χ1n) is 8.15. The Morgan fingerprint density at radius 2 is 1.92 bits per heavy atom. The van der Waals surface area contributed by atoms with E-state index in [9.17, 15) is 4.79 Å². The number of fused-ring (bicyclic) bond motifs is 1. The molecule has 2 aromatic heterocycles. The van der Waals surface area contributed by atoms with Crippen molar-refractivity contribution in [1.82, 2.24) is 4.57 Å². The summed E-state index contributed by atoms with van der Waals surface area (Å²) in [6.45, 7) is 7.13. The van der Waals surface area contributed by atoms with Gasteiger partial charge in [0.15, 0.2) is 4.80 Å². The van der Waals surface area contributed by atoms with Gasteiger partial charge in [-0.1, -0.05) is 17.4 Å². The molecule has 4 rings (SSSR count). The normalized spacial score (nSPS) is 14.5. The van der Waals surface area contributed by atoms with Crippen molar-refractivity contribution in [2.75, 3.05) is 11.6 Å². The van der Waals surface area contributed by atoms with Gasteiger partial charge in [0, 0.05) is 11.8 Å². The smallest absolute Gasteiger partial charge is 0.271 e. The van der Waals surface area contributed by atoms with Crippen LogP contribution in [-0.4, -0.2) is 11.2 Å². The molecule has 1 aliphatic heterocycles. The fourth-order valence-corrected chi connectivity index (χ4v) is 4.01. The highest BCUT2D eigenvalue weighted by atomic mass is 32.1. The molecule has 1 aromatic carbocycles. The Morgan fingerprint density at radius 1 is 1.16 bits per heavy atom. The fourth-order valence-electron chi connectivity index (χ4n) is 3.07. The number of nitrogens with zero attached hydrogens (tertiary/aromatic N) is 3. The second kappa shape index (κ2) is 6.04. The van der Waals surface area contributed by atoms with Gasteiger partial charge in [-0.15, -0.1) is 0 Å². The van der Waals surface area contributed by atoms with Crippen molar-refractivity contribution in [2.24, 2.45) is 4.99 Å². The van der Waals surface area contributed by atoms with Crippen molar-refractivity contribution >= 4 is 23.1 Å². The second-order valence-corrected chi connectivity index (χ2v) is 7.41. The van der Waals surface area contributed by atoms with E-state index in [-0.39, 0.29) is 5.56 Å². The van der Waals surface area contributed by atoms with E-state index in [2.05, 4.69) is 41.9 Å². The largest absolute Gasteiger partial charge is 0.462 e. The molecule has 128 valence electrons. The highest BCUT2D eigenvalue weighted by molar-refractivity contribution is 7.07. The zero-order chi connectivity index (χ0) is 17.6. The van der Waals surface area contributed by atoms with Gasteiger partial charge in [0.1, 0.15) is 24.9 Å². The monoisotopic (exact) mass is 353 g/mol. The van der Waals surface area contributed by atoms with Crippen LogP contribution in [0.4, 0.5) is 5.69 Å². The van der Waals surface area contributed by atoms with E-state index in [0.29, 0.717) is 23.6 Å². The molecule has 0 radical (unpaired) electrons. The van der Waals surface area contributed by atoms with E-state index in [1.54, 1.807) is 10.6 Å². The number of furan rings is 1. The number of benzene rings is 1. The lowest BCUT2D eigenvalue weighted by Gasteiger charge is -2.26. The number of anilines is 1. The predicted octanol–water partition coefficient (Wildman–Crippen LogP) is 2.31. The molecule has 0 N–H and O–H groups in total. The average molecular weight is 353 g/mol. The van der Waals surface area contributed by atoms with Gasteiger partial charge < -0.3 is 9.32 Å². The van der Waals surface area contributed by atoms with Crippen LogP contribution in [0.2, 0.25) is 0 Å². The summed E-state index contributed by atoms with van der Waals surface area (Å²) in [5.41, 5.74) is 3.49. The third-order valence-corrected chi connectivity index (χ3v) is 5.23. The Kier molecular flexibility index (Phi) is 3.84. The minimum atomic E-state index is -0.0214. The molecule has 0 fully saturated rings. The number of aryl methyl sites for hydroxylation is 3. The molecule has 3 heterocycles. The third-order valence-electron chi connectivity index (χ3n) is 4.18. The zero-order valence-electron chi connectivity index (χ0n) is 14.4. The Morgan fingerprint density at radius 3 is 2.60 bits per heavy atom. The maximum Gasteiger partial charge on any atom is 0.271 e. The summed E-state index contributed by atoms with van der Waals surface area (Å²) in [6.07, 6.45) is 1.79. The van der Waals surface area contributed by atoms with Crippen LogP contribution in [0.25, 0.3) is 6.08 Å². The van der Waals surface area contributed by atoms with Gasteiger partial charge in [0.25, 0.3) is 5.56 Å². The van der Waals surface area contributed by atoms with Crippen LogP contribution in [-0.2, 0) is 6.67 Å². The van der Waals surface area contributed by atoms with Gasteiger partial charge in [-0.3, -0.25) is 9.36 Å². The lowest BCUT2D eigenvalue weighted by Crippen LogP contribution is -2.42. The molecule has 0 unspecified atom stereocenters. The summed E-state index contributed by atoms with van der Waals surface area (Å²) >= 11 is 1.41. The second-order valence-electron chi connectivity index (χ2n) is 6.40. The first-order chi connectivity index (χ1) is 12.0. The Hall–Kier alpha value is -2.60. The Labute approximate surface area is 149 Å². The van der Waals surface area contributed by atoms with Gasteiger partial charge in [-0.25, -0.2) is 4.99 Å². The van der Waals surface area contributed by atoms with Crippen LogP contribution in [0, 0.1) is 20.8 Å². The van der Waals surface area contributed by atoms with Crippen molar-refractivity contribution in [2.45, 2.75) is 27.4 Å². The van der Waals surface area contributed by atoms with Crippen molar-refractivity contribution in [3.05, 3.63) is 72.7 Å². The predicted molar refractivity (Wildman–Crippen MR) is 99.6 cm³/mol. The van der Waals surface area contributed by atoms with Crippen molar-refractivity contribution in [3.63, 3.8) is 0 Å². The molecular formula is C19H19N3O2S. The summed E-state index contributed by atoms with van der Waals surface area (Å²) in [4.78, 5) is 20.2. The van der Waals surface area contributed by atoms with Crippen LogP contribution in [0.3, 0.4) is 0 Å². The first-order valence-corrected chi connectivity index (χ1v) is 8.97. The van der Waals surface area contributed by atoms with E-state index in [1.165, 1.54) is 22.5 Å². The summed E-state index contributed by atoms with van der Waals surface area (Å²) in [7, 11) is 0. The number of aromatic nitrogens is 1. The van der Waals surface area contributed by atoms with Crippen molar-refractivity contribution < 1.29 is 4.42 Å². The van der Waals surface area contributed by atoms with E-state index in [1.807, 2.05) is 19.1 Å². The number of rotatable bonds is 2. The Bertz CT molecular complexity index is 1100. The topological polar surface area (TPSA) is 50.7 Å². The lowest BCUT2D eigenvalue weighted by atomic mass is 10.1. The minimum absolute atomic E-state index is 0.0214. The quantitative estimate of drug-likeness (QED) is 0.710. The molecule has 1 aliphatic rings. The van der Waals surface area contributed by atoms with Gasteiger partial charge >= 0.3 is 0 Å². The minimum Gasteiger partial charge on any atom is -0.462 e. The van der Waals surface area contributed by atoms with Crippen LogP contribution >= 0.6 is 11.3 Å². The van der Waals surface area contributed by atoms with E-state index >= 15 is 0 Å². The van der Waals surface area contributed by atoms with Gasteiger partial charge in [-0.2, -0.15) is 0 Å². The van der Waals surface area contributed by atoms with Crippen LogP contribution in [0.5, 0.6) is 0 Å². The molecule has 0 saturated heterocycles. The van der Waals surface area contributed by atoms with Crippen molar-refractivity contribution in [1.29, 1.82) is 0 Å². The van der Waals surface area contributed by atoms with E-state index in [4.69, 9.17) is 4.42 Å².